The van der Waals surface area contributed by atoms with Crippen LogP contribution in [0, 0.1) is 13.8 Å². The summed E-state index contributed by atoms with van der Waals surface area (Å²) in [6.45, 7) is 5.77. The van der Waals surface area contributed by atoms with E-state index in [2.05, 4.69) is 0 Å². The standard InChI is InChI=1S/C18H20O3/c1-5-15(14-8-6-12(2)7-9-14)21-16-10-11-17(20-4)18(19)13(16)3/h5-11,19H,1-4H3/b15-5-. The third-order valence-corrected chi connectivity index (χ3v) is 3.38. The van der Waals surface area contributed by atoms with Crippen molar-refractivity contribution in [3.05, 3.63) is 59.2 Å². The lowest BCUT2D eigenvalue weighted by Gasteiger charge is -2.14. The molecule has 2 rings (SSSR count). The van der Waals surface area contributed by atoms with Crippen molar-refractivity contribution in [2.45, 2.75) is 20.8 Å². The maximum atomic E-state index is 10.0. The van der Waals surface area contributed by atoms with Crippen molar-refractivity contribution < 1.29 is 14.6 Å². The van der Waals surface area contributed by atoms with Gasteiger partial charge in [0.2, 0.25) is 0 Å². The van der Waals surface area contributed by atoms with Crippen LogP contribution in [0.25, 0.3) is 5.76 Å². The van der Waals surface area contributed by atoms with Crippen LogP contribution >= 0.6 is 0 Å². The molecule has 2 aromatic rings. The maximum Gasteiger partial charge on any atom is 0.164 e. The number of hydrogen-bond donors (Lipinski definition) is 1. The molecule has 0 heterocycles. The van der Waals surface area contributed by atoms with Crippen LogP contribution in [0.15, 0.2) is 42.5 Å². The Balaban J connectivity index is 2.32. The van der Waals surface area contributed by atoms with Gasteiger partial charge in [-0.3, -0.25) is 0 Å². The topological polar surface area (TPSA) is 38.7 Å². The summed E-state index contributed by atoms with van der Waals surface area (Å²) in [6.07, 6.45) is 1.91. The first-order valence-electron chi connectivity index (χ1n) is 6.84. The second-order valence-corrected chi connectivity index (χ2v) is 4.86. The summed E-state index contributed by atoms with van der Waals surface area (Å²) in [6, 6.07) is 11.6. The molecule has 0 amide bonds. The number of methoxy groups -OCH3 is 1. The first-order valence-corrected chi connectivity index (χ1v) is 6.84. The number of aromatic hydroxyl groups is 1. The van der Waals surface area contributed by atoms with Gasteiger partial charge < -0.3 is 14.6 Å². The average Bonchev–Trinajstić information content (AvgIpc) is 2.50. The summed E-state index contributed by atoms with van der Waals surface area (Å²) in [5, 5.41) is 10.0. The molecule has 0 spiro atoms. The fourth-order valence-corrected chi connectivity index (χ4v) is 2.05. The maximum absolute atomic E-state index is 10.0. The Labute approximate surface area is 125 Å². The highest BCUT2D eigenvalue weighted by atomic mass is 16.5. The number of benzene rings is 2. The normalized spacial score (nSPS) is 11.3. The molecule has 110 valence electrons. The minimum Gasteiger partial charge on any atom is -0.504 e. The van der Waals surface area contributed by atoms with Crippen molar-refractivity contribution in [1.82, 2.24) is 0 Å². The molecule has 0 saturated heterocycles. The molecule has 0 radical (unpaired) electrons. The first kappa shape index (κ1) is 15.0. The number of phenolic OH excluding ortho intramolecular Hbond substituents is 1. The molecule has 0 fully saturated rings. The average molecular weight is 284 g/mol. The summed E-state index contributed by atoms with van der Waals surface area (Å²) >= 11 is 0. The van der Waals surface area contributed by atoms with E-state index in [9.17, 15) is 5.11 Å². The molecule has 0 aliphatic carbocycles. The highest BCUT2D eigenvalue weighted by molar-refractivity contribution is 5.64. The van der Waals surface area contributed by atoms with E-state index >= 15 is 0 Å². The van der Waals surface area contributed by atoms with Gasteiger partial charge in [0, 0.05) is 11.1 Å². The predicted octanol–water partition coefficient (Wildman–Crippen LogP) is 4.46. The fourth-order valence-electron chi connectivity index (χ4n) is 2.05. The molecular weight excluding hydrogens is 264 g/mol. The van der Waals surface area contributed by atoms with Crippen LogP contribution in [0.3, 0.4) is 0 Å². The molecule has 0 aliphatic rings. The molecule has 0 unspecified atom stereocenters. The van der Waals surface area contributed by atoms with E-state index in [0.717, 1.165) is 11.3 Å². The summed E-state index contributed by atoms with van der Waals surface area (Å²) in [5.41, 5.74) is 2.85. The third-order valence-electron chi connectivity index (χ3n) is 3.38. The van der Waals surface area contributed by atoms with Gasteiger partial charge in [-0.25, -0.2) is 0 Å². The van der Waals surface area contributed by atoms with Crippen molar-refractivity contribution in [2.24, 2.45) is 0 Å². The van der Waals surface area contributed by atoms with E-state index in [4.69, 9.17) is 9.47 Å². The largest absolute Gasteiger partial charge is 0.504 e. The van der Waals surface area contributed by atoms with Crippen molar-refractivity contribution in [1.29, 1.82) is 0 Å². The molecule has 0 bridgehead atoms. The van der Waals surface area contributed by atoms with Gasteiger partial charge in [-0.2, -0.15) is 0 Å². The number of hydrogen-bond acceptors (Lipinski definition) is 3. The smallest absolute Gasteiger partial charge is 0.164 e. The molecule has 2 aromatic carbocycles. The van der Waals surface area contributed by atoms with Crippen LogP contribution in [0.2, 0.25) is 0 Å². The Morgan fingerprint density at radius 2 is 1.62 bits per heavy atom. The number of aryl methyl sites for hydroxylation is 1. The zero-order valence-electron chi connectivity index (χ0n) is 12.8. The van der Waals surface area contributed by atoms with Crippen LogP contribution in [-0.4, -0.2) is 12.2 Å². The molecule has 3 nitrogen and oxygen atoms in total. The monoisotopic (exact) mass is 284 g/mol. The van der Waals surface area contributed by atoms with E-state index in [0.29, 0.717) is 17.1 Å². The summed E-state index contributed by atoms with van der Waals surface area (Å²) in [5.74, 6) is 1.91. The Kier molecular flexibility index (Phi) is 4.53. The van der Waals surface area contributed by atoms with E-state index in [1.165, 1.54) is 12.7 Å². The molecule has 21 heavy (non-hydrogen) atoms. The summed E-state index contributed by atoms with van der Waals surface area (Å²) < 4.78 is 11.0. The Morgan fingerprint density at radius 1 is 1.00 bits per heavy atom. The lowest BCUT2D eigenvalue weighted by atomic mass is 10.1. The summed E-state index contributed by atoms with van der Waals surface area (Å²) in [7, 11) is 1.53. The minimum absolute atomic E-state index is 0.106. The van der Waals surface area contributed by atoms with Crippen LogP contribution < -0.4 is 9.47 Å². The van der Waals surface area contributed by atoms with Crippen molar-refractivity contribution in [3.63, 3.8) is 0 Å². The molecule has 1 N–H and O–H groups in total. The van der Waals surface area contributed by atoms with E-state index in [1.54, 1.807) is 19.1 Å². The highest BCUT2D eigenvalue weighted by Crippen LogP contribution is 2.37. The Hall–Kier alpha value is -2.42. The molecular formula is C18H20O3. The van der Waals surface area contributed by atoms with E-state index < -0.39 is 0 Å². The number of rotatable bonds is 4. The first-order chi connectivity index (χ1) is 10.1. The quantitative estimate of drug-likeness (QED) is 0.843. The number of allylic oxidation sites excluding steroid dienone is 1. The second kappa shape index (κ2) is 6.35. The van der Waals surface area contributed by atoms with Gasteiger partial charge in [-0.15, -0.1) is 0 Å². The third kappa shape index (κ3) is 3.19. The van der Waals surface area contributed by atoms with Gasteiger partial charge in [0.25, 0.3) is 0 Å². The number of ether oxygens (including phenoxy) is 2. The fraction of sp³-hybridized carbons (Fsp3) is 0.222. The Bertz CT molecular complexity index is 655. The van der Waals surface area contributed by atoms with Gasteiger partial charge in [0.1, 0.15) is 11.5 Å². The van der Waals surface area contributed by atoms with Gasteiger partial charge in [0.15, 0.2) is 11.5 Å². The van der Waals surface area contributed by atoms with E-state index in [1.807, 2.05) is 44.2 Å². The van der Waals surface area contributed by atoms with Crippen LogP contribution in [-0.2, 0) is 0 Å². The SMILES string of the molecule is C/C=C(\Oc1ccc(OC)c(O)c1C)c1ccc(C)cc1. The molecule has 0 aliphatic heterocycles. The zero-order chi connectivity index (χ0) is 15.4. The Morgan fingerprint density at radius 3 is 2.19 bits per heavy atom. The van der Waals surface area contributed by atoms with Crippen LogP contribution in [0.5, 0.6) is 17.2 Å². The van der Waals surface area contributed by atoms with Crippen LogP contribution in [0.1, 0.15) is 23.6 Å². The van der Waals surface area contributed by atoms with Gasteiger partial charge in [0.05, 0.1) is 7.11 Å². The molecule has 3 heteroatoms. The zero-order valence-corrected chi connectivity index (χ0v) is 12.8. The van der Waals surface area contributed by atoms with Crippen molar-refractivity contribution in [3.8, 4) is 17.2 Å². The molecule has 0 atom stereocenters. The highest BCUT2D eigenvalue weighted by Gasteiger charge is 2.12. The van der Waals surface area contributed by atoms with Gasteiger partial charge in [-0.05, 0) is 39.0 Å². The predicted molar refractivity (Wildman–Crippen MR) is 84.9 cm³/mol. The number of phenols is 1. The van der Waals surface area contributed by atoms with E-state index in [-0.39, 0.29) is 5.75 Å². The van der Waals surface area contributed by atoms with Crippen molar-refractivity contribution >= 4 is 5.76 Å². The lowest BCUT2D eigenvalue weighted by Crippen LogP contribution is -1.97. The van der Waals surface area contributed by atoms with Crippen molar-refractivity contribution in [2.75, 3.05) is 7.11 Å². The minimum atomic E-state index is 0.106. The molecule has 0 aromatic heterocycles. The molecule has 0 saturated carbocycles. The lowest BCUT2D eigenvalue weighted by molar-refractivity contribution is 0.368. The van der Waals surface area contributed by atoms with Crippen LogP contribution in [0.4, 0.5) is 0 Å². The van der Waals surface area contributed by atoms with Gasteiger partial charge in [-0.1, -0.05) is 29.8 Å². The van der Waals surface area contributed by atoms with Gasteiger partial charge >= 0.3 is 0 Å². The summed E-state index contributed by atoms with van der Waals surface area (Å²) in [4.78, 5) is 0. The second-order valence-electron chi connectivity index (χ2n) is 4.86.